The highest BCUT2D eigenvalue weighted by Crippen LogP contribution is 2.61. The van der Waals surface area contributed by atoms with Crippen LogP contribution in [0.25, 0.3) is 0 Å². The molecule has 0 heterocycles. The zero-order valence-electron chi connectivity index (χ0n) is 19.2. The molecule has 0 amide bonds. The lowest BCUT2D eigenvalue weighted by molar-refractivity contribution is -0.433. The second kappa shape index (κ2) is 11.1. The summed E-state index contributed by atoms with van der Waals surface area (Å²) in [6, 6.07) is 10.9. The van der Waals surface area contributed by atoms with E-state index in [0.717, 1.165) is 18.3 Å². The molecule has 0 aliphatic carbocycles. The van der Waals surface area contributed by atoms with Crippen molar-refractivity contribution in [3.8, 4) is 5.75 Å². The van der Waals surface area contributed by atoms with Gasteiger partial charge in [-0.15, -0.1) is 0 Å². The van der Waals surface area contributed by atoms with Crippen LogP contribution in [0.15, 0.2) is 59.7 Å². The number of rotatable bonds is 10. The SMILES string of the molecule is O=S(=O)(Oc1ccc(/C=N/NC(=S)Nc2ccccc2)cc1)C(F)(F)C(F)(F)C(F)(F)C(F)(F)C(F)(F)C(F)(F)F. The van der Waals surface area contributed by atoms with E-state index in [4.69, 9.17) is 12.2 Å². The van der Waals surface area contributed by atoms with Crippen LogP contribution in [-0.2, 0) is 10.1 Å². The zero-order chi connectivity index (χ0) is 31.7. The van der Waals surface area contributed by atoms with E-state index in [2.05, 4.69) is 20.0 Å². The van der Waals surface area contributed by atoms with Gasteiger partial charge in [-0.3, -0.25) is 5.43 Å². The normalized spacial score (nSPS) is 14.2. The highest BCUT2D eigenvalue weighted by Gasteiger charge is 2.93. The fourth-order valence-corrected chi connectivity index (χ4v) is 3.63. The number of halogens is 13. The highest BCUT2D eigenvalue weighted by atomic mass is 32.2. The first-order chi connectivity index (χ1) is 18.4. The van der Waals surface area contributed by atoms with Crippen LogP contribution in [0.2, 0.25) is 0 Å². The van der Waals surface area contributed by atoms with Crippen molar-refractivity contribution in [1.82, 2.24) is 5.43 Å². The Kier molecular flexibility index (Phi) is 9.19. The maximum absolute atomic E-state index is 14.0. The molecule has 2 aromatic rings. The number of hydrogen-bond donors (Lipinski definition) is 2. The number of hydrazone groups is 1. The molecule has 0 saturated carbocycles. The van der Waals surface area contributed by atoms with Crippen LogP contribution < -0.4 is 14.9 Å². The standard InChI is InChI=1S/C20H12F13N3O3S2/c21-15(22,17(25,26)19(29,30)31)16(23,24)18(27,28)20(32,33)41(37,38)39-13-8-6-11(7-9-13)10-34-36-14(40)35-12-4-2-1-3-5-12/h1-10H,(H2,35,36,40)/b34-10+. The number of para-hydroxylation sites is 1. The van der Waals surface area contributed by atoms with Crippen molar-refractivity contribution in [2.45, 2.75) is 35.1 Å². The van der Waals surface area contributed by atoms with E-state index in [1.54, 1.807) is 30.3 Å². The maximum Gasteiger partial charge on any atom is 0.460 e. The molecule has 0 aliphatic rings. The Balaban J connectivity index is 2.21. The minimum Gasteiger partial charge on any atom is -0.378 e. The van der Waals surface area contributed by atoms with Crippen molar-refractivity contribution in [1.29, 1.82) is 0 Å². The summed E-state index contributed by atoms with van der Waals surface area (Å²) in [4.78, 5) is 0. The molecule has 0 aromatic heterocycles. The van der Waals surface area contributed by atoms with Crippen LogP contribution >= 0.6 is 12.2 Å². The number of hydrogen-bond acceptors (Lipinski definition) is 5. The van der Waals surface area contributed by atoms with Gasteiger partial charge in [0.15, 0.2) is 5.11 Å². The van der Waals surface area contributed by atoms with Crippen LogP contribution in [0, 0.1) is 0 Å². The Bertz CT molecular complexity index is 1370. The molecule has 0 unspecified atom stereocenters. The topological polar surface area (TPSA) is 79.8 Å². The van der Waals surface area contributed by atoms with Crippen LogP contribution in [0.5, 0.6) is 5.75 Å². The third kappa shape index (κ3) is 6.28. The predicted molar refractivity (Wildman–Crippen MR) is 120 cm³/mol. The molecule has 0 spiro atoms. The molecule has 0 atom stereocenters. The van der Waals surface area contributed by atoms with Crippen molar-refractivity contribution < 1.29 is 69.7 Å². The minimum atomic E-state index is -8.29. The number of anilines is 1. The summed E-state index contributed by atoms with van der Waals surface area (Å²) < 4.78 is 199. The third-order valence-corrected chi connectivity index (χ3v) is 6.21. The Morgan fingerprint density at radius 1 is 0.732 bits per heavy atom. The maximum atomic E-state index is 14.0. The fourth-order valence-electron chi connectivity index (χ4n) is 2.55. The Hall–Kier alpha value is -3.36. The van der Waals surface area contributed by atoms with Crippen molar-refractivity contribution in [3.63, 3.8) is 0 Å². The molecule has 0 radical (unpaired) electrons. The van der Waals surface area contributed by atoms with Gasteiger partial charge in [0.05, 0.1) is 6.21 Å². The summed E-state index contributed by atoms with van der Waals surface area (Å²) in [5.74, 6) is -33.9. The van der Waals surface area contributed by atoms with Gasteiger partial charge < -0.3 is 9.50 Å². The van der Waals surface area contributed by atoms with Gasteiger partial charge >= 0.3 is 45.2 Å². The average Bonchev–Trinajstić information content (AvgIpc) is 2.84. The molecule has 21 heteroatoms. The molecule has 2 N–H and O–H groups in total. The Morgan fingerprint density at radius 2 is 1.22 bits per heavy atom. The number of benzene rings is 2. The van der Waals surface area contributed by atoms with Gasteiger partial charge in [0, 0.05) is 5.69 Å². The molecular weight excluding hydrogens is 641 g/mol. The van der Waals surface area contributed by atoms with Crippen molar-refractivity contribution in [3.05, 3.63) is 60.2 Å². The Labute approximate surface area is 226 Å². The van der Waals surface area contributed by atoms with Crippen molar-refractivity contribution in [2.24, 2.45) is 5.10 Å². The second-order valence-corrected chi connectivity index (χ2v) is 9.60. The predicted octanol–water partition coefficient (Wildman–Crippen LogP) is 6.41. The summed E-state index contributed by atoms with van der Waals surface area (Å²) >= 11 is 4.93. The van der Waals surface area contributed by atoms with Gasteiger partial charge in [-0.25, -0.2) is 0 Å². The summed E-state index contributed by atoms with van der Waals surface area (Å²) in [5, 5.41) is -1.13. The van der Waals surface area contributed by atoms with Gasteiger partial charge in [0.1, 0.15) is 5.75 Å². The van der Waals surface area contributed by atoms with Crippen molar-refractivity contribution in [2.75, 3.05) is 5.32 Å². The van der Waals surface area contributed by atoms with Crippen LogP contribution in [0.1, 0.15) is 5.56 Å². The van der Waals surface area contributed by atoms with Gasteiger partial charge in [0.2, 0.25) is 0 Å². The first-order valence-electron chi connectivity index (χ1n) is 10.1. The number of alkyl halides is 13. The van der Waals surface area contributed by atoms with Crippen LogP contribution in [0.3, 0.4) is 0 Å². The van der Waals surface area contributed by atoms with E-state index in [9.17, 15) is 65.5 Å². The molecule has 2 rings (SSSR count). The van der Waals surface area contributed by atoms with Gasteiger partial charge in [-0.05, 0) is 54.2 Å². The Morgan fingerprint density at radius 3 is 1.71 bits per heavy atom. The molecule has 0 saturated heterocycles. The van der Waals surface area contributed by atoms with E-state index < -0.39 is 51.0 Å². The van der Waals surface area contributed by atoms with Crippen molar-refractivity contribution >= 4 is 39.4 Å². The first-order valence-corrected chi connectivity index (χ1v) is 11.9. The zero-order valence-corrected chi connectivity index (χ0v) is 20.8. The van der Waals surface area contributed by atoms with E-state index in [0.29, 0.717) is 17.8 Å². The molecule has 0 aliphatic heterocycles. The van der Waals surface area contributed by atoms with E-state index in [1.165, 1.54) is 0 Å². The van der Waals surface area contributed by atoms with Crippen LogP contribution in [0.4, 0.5) is 62.8 Å². The molecule has 2 aromatic carbocycles. The molecule has 0 fully saturated rings. The quantitative estimate of drug-likeness (QED) is 0.102. The molecule has 0 bridgehead atoms. The average molecular weight is 653 g/mol. The van der Waals surface area contributed by atoms with E-state index in [-0.39, 0.29) is 10.7 Å². The summed E-state index contributed by atoms with van der Waals surface area (Å²) in [6.07, 6.45) is -6.64. The molecular formula is C20H12F13N3O3S2. The summed E-state index contributed by atoms with van der Waals surface area (Å²) in [7, 11) is -7.46. The van der Waals surface area contributed by atoms with Gasteiger partial charge in [-0.1, -0.05) is 18.2 Å². The van der Waals surface area contributed by atoms with E-state index in [1.807, 2.05) is 0 Å². The molecule has 41 heavy (non-hydrogen) atoms. The molecule has 6 nitrogen and oxygen atoms in total. The lowest BCUT2D eigenvalue weighted by Gasteiger charge is -2.38. The molecule has 228 valence electrons. The summed E-state index contributed by atoms with van der Waals surface area (Å²) in [6.45, 7) is 0. The minimum absolute atomic E-state index is 0.0161. The summed E-state index contributed by atoms with van der Waals surface area (Å²) in [5.41, 5.74) is 2.93. The lowest BCUT2D eigenvalue weighted by atomic mass is 9.98. The third-order valence-electron chi connectivity index (χ3n) is 4.72. The monoisotopic (exact) mass is 653 g/mol. The number of thiocarbonyl (C=S) groups is 1. The number of nitrogens with zero attached hydrogens (tertiary/aromatic N) is 1. The smallest absolute Gasteiger partial charge is 0.378 e. The van der Waals surface area contributed by atoms with Crippen LogP contribution in [-0.4, -0.2) is 54.9 Å². The highest BCUT2D eigenvalue weighted by molar-refractivity contribution is 7.88. The largest absolute Gasteiger partial charge is 0.460 e. The van der Waals surface area contributed by atoms with Gasteiger partial charge in [0.25, 0.3) is 0 Å². The second-order valence-electron chi connectivity index (χ2n) is 7.61. The van der Waals surface area contributed by atoms with E-state index >= 15 is 0 Å². The lowest BCUT2D eigenvalue weighted by Crippen LogP contribution is -2.71. The first kappa shape index (κ1) is 33.8. The number of nitrogens with one attached hydrogen (secondary N) is 2. The van der Waals surface area contributed by atoms with Gasteiger partial charge in [-0.2, -0.15) is 70.6 Å². The fraction of sp³-hybridized carbons (Fsp3) is 0.300.